The van der Waals surface area contributed by atoms with Gasteiger partial charge in [-0.1, -0.05) is 18.2 Å². The van der Waals surface area contributed by atoms with Crippen molar-refractivity contribution < 1.29 is 18.7 Å². The normalized spacial score (nSPS) is 10.6. The molecule has 0 aliphatic carbocycles. The number of rotatable bonds is 4. The lowest BCUT2D eigenvalue weighted by atomic mass is 10.0. The summed E-state index contributed by atoms with van der Waals surface area (Å²) in [5.74, 6) is -1.17. The Kier molecular flexibility index (Phi) is 5.31. The number of fused-ring (bicyclic) bond motifs is 1. The van der Waals surface area contributed by atoms with Gasteiger partial charge in [0.05, 0.1) is 18.2 Å². The van der Waals surface area contributed by atoms with E-state index in [-0.39, 0.29) is 11.3 Å². The van der Waals surface area contributed by atoms with Crippen molar-refractivity contribution in [2.75, 3.05) is 26.5 Å². The van der Waals surface area contributed by atoms with Crippen LogP contribution in [0.5, 0.6) is 0 Å². The SMILES string of the molecule is COC(=O)c1cccc(Nc2ccc(C(=O)N(C)C)c3c(F)cccc23)c1C. The second kappa shape index (κ2) is 7.68. The summed E-state index contributed by atoms with van der Waals surface area (Å²) in [5, 5.41) is 4.09. The molecule has 0 heterocycles. The molecule has 0 saturated heterocycles. The number of nitrogens with zero attached hydrogens (tertiary/aromatic N) is 1. The van der Waals surface area contributed by atoms with Crippen LogP contribution in [-0.2, 0) is 4.74 Å². The van der Waals surface area contributed by atoms with Gasteiger partial charge in [0, 0.05) is 36.2 Å². The highest BCUT2D eigenvalue weighted by molar-refractivity contribution is 6.11. The minimum atomic E-state index is -0.466. The quantitative estimate of drug-likeness (QED) is 0.676. The first-order chi connectivity index (χ1) is 13.3. The van der Waals surface area contributed by atoms with Gasteiger partial charge in [0.1, 0.15) is 5.82 Å². The van der Waals surface area contributed by atoms with Crippen LogP contribution in [0.1, 0.15) is 26.3 Å². The first-order valence-corrected chi connectivity index (χ1v) is 8.73. The molecule has 3 rings (SSSR count). The smallest absolute Gasteiger partial charge is 0.338 e. The minimum absolute atomic E-state index is 0.257. The van der Waals surface area contributed by atoms with Crippen LogP contribution >= 0.6 is 0 Å². The van der Waals surface area contributed by atoms with Crippen LogP contribution in [0.25, 0.3) is 10.8 Å². The maximum Gasteiger partial charge on any atom is 0.338 e. The summed E-state index contributed by atoms with van der Waals surface area (Å²) in [6, 6.07) is 13.3. The van der Waals surface area contributed by atoms with E-state index in [0.717, 1.165) is 0 Å². The molecule has 3 aromatic carbocycles. The molecule has 0 radical (unpaired) electrons. The van der Waals surface area contributed by atoms with Crippen molar-refractivity contribution in [1.82, 2.24) is 4.90 Å². The van der Waals surface area contributed by atoms with Gasteiger partial charge in [-0.2, -0.15) is 0 Å². The molecule has 0 bridgehead atoms. The van der Waals surface area contributed by atoms with Crippen molar-refractivity contribution in [3.05, 3.63) is 71.0 Å². The molecule has 0 saturated carbocycles. The number of esters is 1. The van der Waals surface area contributed by atoms with Gasteiger partial charge in [-0.25, -0.2) is 9.18 Å². The van der Waals surface area contributed by atoms with Crippen LogP contribution in [0.4, 0.5) is 15.8 Å². The van der Waals surface area contributed by atoms with E-state index in [2.05, 4.69) is 5.32 Å². The summed E-state index contributed by atoms with van der Waals surface area (Å²) in [6.07, 6.45) is 0. The van der Waals surface area contributed by atoms with Crippen LogP contribution in [0.15, 0.2) is 48.5 Å². The van der Waals surface area contributed by atoms with Crippen molar-refractivity contribution in [3.63, 3.8) is 0 Å². The first kappa shape index (κ1) is 19.4. The molecule has 28 heavy (non-hydrogen) atoms. The fraction of sp³-hybridized carbons (Fsp3) is 0.182. The molecule has 0 atom stereocenters. The van der Waals surface area contributed by atoms with Crippen LogP contribution in [0.3, 0.4) is 0 Å². The Morgan fingerprint density at radius 3 is 2.36 bits per heavy atom. The minimum Gasteiger partial charge on any atom is -0.465 e. The van der Waals surface area contributed by atoms with E-state index in [4.69, 9.17) is 4.74 Å². The van der Waals surface area contributed by atoms with Gasteiger partial charge < -0.3 is 15.0 Å². The number of anilines is 2. The van der Waals surface area contributed by atoms with Crippen LogP contribution in [0, 0.1) is 12.7 Å². The Hall–Kier alpha value is -3.41. The molecule has 0 fully saturated rings. The van der Waals surface area contributed by atoms with Gasteiger partial charge >= 0.3 is 5.97 Å². The zero-order chi connectivity index (χ0) is 20.4. The number of hydrogen-bond donors (Lipinski definition) is 1. The molecule has 0 aliphatic heterocycles. The molecule has 0 aliphatic rings. The number of hydrogen-bond acceptors (Lipinski definition) is 4. The summed E-state index contributed by atoms with van der Waals surface area (Å²) in [7, 11) is 4.59. The van der Waals surface area contributed by atoms with Gasteiger partial charge in [-0.3, -0.25) is 4.79 Å². The summed E-state index contributed by atoms with van der Waals surface area (Å²) in [4.78, 5) is 25.8. The van der Waals surface area contributed by atoms with Gasteiger partial charge in [-0.05, 0) is 42.8 Å². The Morgan fingerprint density at radius 2 is 1.68 bits per heavy atom. The van der Waals surface area contributed by atoms with E-state index in [0.29, 0.717) is 33.5 Å². The van der Waals surface area contributed by atoms with E-state index in [1.54, 1.807) is 57.4 Å². The Morgan fingerprint density at radius 1 is 0.964 bits per heavy atom. The van der Waals surface area contributed by atoms with Crippen LogP contribution < -0.4 is 5.32 Å². The number of halogens is 1. The lowest BCUT2D eigenvalue weighted by Crippen LogP contribution is -2.22. The number of nitrogens with one attached hydrogen (secondary N) is 1. The predicted octanol–water partition coefficient (Wildman–Crippen LogP) is 4.52. The number of methoxy groups -OCH3 is 1. The molecule has 0 unspecified atom stereocenters. The average Bonchev–Trinajstić information content (AvgIpc) is 2.69. The third-order valence-electron chi connectivity index (χ3n) is 4.63. The number of carbonyl (C=O) groups is 2. The van der Waals surface area contributed by atoms with E-state index < -0.39 is 11.8 Å². The highest BCUT2D eigenvalue weighted by atomic mass is 19.1. The fourth-order valence-corrected chi connectivity index (χ4v) is 3.14. The van der Waals surface area contributed by atoms with Crippen molar-refractivity contribution in [2.45, 2.75) is 6.92 Å². The summed E-state index contributed by atoms with van der Waals surface area (Å²) in [6.45, 7) is 1.81. The van der Waals surface area contributed by atoms with Crippen molar-refractivity contribution in [3.8, 4) is 0 Å². The third-order valence-corrected chi connectivity index (χ3v) is 4.63. The molecule has 6 heteroatoms. The topological polar surface area (TPSA) is 58.6 Å². The first-order valence-electron chi connectivity index (χ1n) is 8.73. The monoisotopic (exact) mass is 380 g/mol. The van der Waals surface area contributed by atoms with Gasteiger partial charge in [0.25, 0.3) is 5.91 Å². The van der Waals surface area contributed by atoms with E-state index in [9.17, 15) is 14.0 Å². The summed E-state index contributed by atoms with van der Waals surface area (Å²) >= 11 is 0. The van der Waals surface area contributed by atoms with E-state index in [1.807, 2.05) is 6.07 Å². The standard InChI is InChI=1S/C22H21FN2O3/c1-13-14(22(27)28-4)7-6-10-18(13)24-19-12-11-16(21(26)25(2)3)20-15(19)8-5-9-17(20)23/h5-12,24H,1-4H3. The summed E-state index contributed by atoms with van der Waals surface area (Å²) in [5.41, 5.74) is 2.79. The number of amides is 1. The molecular formula is C22H21FN2O3. The van der Waals surface area contributed by atoms with Gasteiger partial charge in [-0.15, -0.1) is 0 Å². The highest BCUT2D eigenvalue weighted by Gasteiger charge is 2.18. The summed E-state index contributed by atoms with van der Waals surface area (Å²) < 4.78 is 19.4. The molecule has 3 aromatic rings. The molecule has 0 aromatic heterocycles. The second-order valence-corrected chi connectivity index (χ2v) is 6.62. The van der Waals surface area contributed by atoms with Crippen molar-refractivity contribution in [1.29, 1.82) is 0 Å². The average molecular weight is 380 g/mol. The largest absolute Gasteiger partial charge is 0.465 e. The molecule has 0 spiro atoms. The number of carbonyl (C=O) groups excluding carboxylic acids is 2. The molecule has 144 valence electrons. The van der Waals surface area contributed by atoms with Crippen molar-refractivity contribution in [2.24, 2.45) is 0 Å². The van der Waals surface area contributed by atoms with Gasteiger partial charge in [0.2, 0.25) is 0 Å². The Labute approximate surface area is 162 Å². The van der Waals surface area contributed by atoms with Crippen LogP contribution in [-0.4, -0.2) is 38.0 Å². The number of ether oxygens (including phenoxy) is 1. The zero-order valence-corrected chi connectivity index (χ0v) is 16.2. The van der Waals surface area contributed by atoms with Crippen LogP contribution in [0.2, 0.25) is 0 Å². The lowest BCUT2D eigenvalue weighted by Gasteiger charge is -2.17. The molecular weight excluding hydrogens is 359 g/mol. The Bertz CT molecular complexity index is 1080. The van der Waals surface area contributed by atoms with Crippen molar-refractivity contribution >= 4 is 34.0 Å². The molecule has 5 nitrogen and oxygen atoms in total. The maximum atomic E-state index is 14.6. The second-order valence-electron chi connectivity index (χ2n) is 6.62. The van der Waals surface area contributed by atoms with E-state index >= 15 is 0 Å². The Balaban J connectivity index is 2.14. The third kappa shape index (κ3) is 3.41. The van der Waals surface area contributed by atoms with Gasteiger partial charge in [0.15, 0.2) is 0 Å². The van der Waals surface area contributed by atoms with E-state index in [1.165, 1.54) is 18.1 Å². The maximum absolute atomic E-state index is 14.6. The number of benzene rings is 3. The highest BCUT2D eigenvalue weighted by Crippen LogP contribution is 2.33. The predicted molar refractivity (Wildman–Crippen MR) is 108 cm³/mol. The molecule has 1 amide bonds. The lowest BCUT2D eigenvalue weighted by molar-refractivity contribution is 0.0599. The fourth-order valence-electron chi connectivity index (χ4n) is 3.14. The zero-order valence-electron chi connectivity index (χ0n) is 16.2. The molecule has 1 N–H and O–H groups in total.